The lowest BCUT2D eigenvalue weighted by Gasteiger charge is -2.47. The van der Waals surface area contributed by atoms with Crippen LogP contribution < -0.4 is 9.80 Å². The standard InChI is InChI=1S/C39H46Cl2F6N8O/c1-23-9-7-11-29(17-23)52-15-13-50(19-25(52)3)31(21-54-27(5)33(40)36(48-54)38(42,43)44)35(56)32(22-55-28(6)34(41)37(49-55)39(45,46)47)51-14-16-53(26(4)20-51)30-12-8-10-24(2)18-30/h7-12,17-18,25-26,31-32H,13-16,19-22H2,1-6H3. The molecule has 4 unspecified atom stereocenters. The molecule has 0 radical (unpaired) electrons. The number of hydrogen-bond donors (Lipinski definition) is 0. The van der Waals surface area contributed by atoms with Gasteiger partial charge in [-0.3, -0.25) is 24.0 Å². The van der Waals surface area contributed by atoms with Gasteiger partial charge in [0.2, 0.25) is 0 Å². The highest BCUT2D eigenvalue weighted by Gasteiger charge is 2.44. The van der Waals surface area contributed by atoms with Crippen LogP contribution in [0, 0.1) is 27.7 Å². The average molecular weight is 828 g/mol. The molecule has 0 saturated carbocycles. The Morgan fingerprint density at radius 3 is 1.36 bits per heavy atom. The Labute approximate surface area is 332 Å². The minimum Gasteiger partial charge on any atom is -0.366 e. The number of Topliss-reactive ketones (excluding diaryl/α,β-unsaturated/α-hetero) is 1. The summed E-state index contributed by atoms with van der Waals surface area (Å²) in [6.07, 6.45) is -9.66. The van der Waals surface area contributed by atoms with E-state index in [2.05, 4.69) is 32.1 Å². The van der Waals surface area contributed by atoms with Gasteiger partial charge in [0.15, 0.2) is 17.2 Å². The first-order valence-electron chi connectivity index (χ1n) is 18.5. The molecule has 9 nitrogen and oxygen atoms in total. The Morgan fingerprint density at radius 1 is 0.679 bits per heavy atom. The molecule has 0 N–H and O–H groups in total. The van der Waals surface area contributed by atoms with E-state index in [0.717, 1.165) is 31.9 Å². The molecule has 6 rings (SSSR count). The van der Waals surface area contributed by atoms with E-state index in [1.165, 1.54) is 13.8 Å². The van der Waals surface area contributed by atoms with E-state index < -0.39 is 45.9 Å². The lowest BCUT2D eigenvalue weighted by molar-refractivity contribution is -0.142. The summed E-state index contributed by atoms with van der Waals surface area (Å²) in [6.45, 7) is 12.9. The van der Waals surface area contributed by atoms with Crippen molar-refractivity contribution in [2.24, 2.45) is 0 Å². The fourth-order valence-corrected chi connectivity index (χ4v) is 8.49. The number of halogens is 8. The molecule has 4 heterocycles. The second kappa shape index (κ2) is 16.2. The van der Waals surface area contributed by atoms with Gasteiger partial charge in [-0.1, -0.05) is 47.5 Å². The summed E-state index contributed by atoms with van der Waals surface area (Å²) in [5, 5.41) is 6.60. The van der Waals surface area contributed by atoms with E-state index >= 15 is 4.79 Å². The van der Waals surface area contributed by atoms with Crippen molar-refractivity contribution in [3.8, 4) is 0 Å². The van der Waals surface area contributed by atoms with Crippen molar-refractivity contribution in [1.29, 1.82) is 0 Å². The third-order valence-electron chi connectivity index (χ3n) is 11.0. The summed E-state index contributed by atoms with van der Waals surface area (Å²) in [5.41, 5.74) is 1.77. The molecular formula is C39H46Cl2F6N8O. The van der Waals surface area contributed by atoms with Gasteiger partial charge in [0.25, 0.3) is 0 Å². The van der Waals surface area contributed by atoms with Gasteiger partial charge < -0.3 is 9.80 Å². The Kier molecular flexibility index (Phi) is 12.1. The van der Waals surface area contributed by atoms with Crippen LogP contribution >= 0.6 is 23.2 Å². The van der Waals surface area contributed by atoms with Gasteiger partial charge in [0.05, 0.1) is 46.6 Å². The maximum Gasteiger partial charge on any atom is 0.436 e. The molecule has 56 heavy (non-hydrogen) atoms. The number of rotatable bonds is 10. The summed E-state index contributed by atoms with van der Waals surface area (Å²) in [4.78, 5) is 23.7. The third kappa shape index (κ3) is 8.70. The van der Waals surface area contributed by atoms with Crippen LogP contribution in [0.2, 0.25) is 10.0 Å². The molecule has 2 fully saturated rings. The highest BCUT2D eigenvalue weighted by Crippen LogP contribution is 2.37. The van der Waals surface area contributed by atoms with Crippen molar-refractivity contribution < 1.29 is 31.1 Å². The second-order valence-electron chi connectivity index (χ2n) is 15.0. The molecule has 2 aliphatic heterocycles. The van der Waals surface area contributed by atoms with Crippen molar-refractivity contribution in [1.82, 2.24) is 29.4 Å². The van der Waals surface area contributed by atoms with Crippen molar-refractivity contribution in [3.05, 3.63) is 92.5 Å². The number of aromatic nitrogens is 4. The van der Waals surface area contributed by atoms with E-state index in [1.807, 2.05) is 73.9 Å². The van der Waals surface area contributed by atoms with E-state index in [0.29, 0.717) is 39.3 Å². The number of hydrogen-bond acceptors (Lipinski definition) is 7. The number of ketones is 1. The van der Waals surface area contributed by atoms with Gasteiger partial charge in [-0.15, -0.1) is 0 Å². The molecule has 304 valence electrons. The number of anilines is 2. The van der Waals surface area contributed by atoms with E-state index in [-0.39, 0.29) is 42.3 Å². The monoisotopic (exact) mass is 826 g/mol. The second-order valence-corrected chi connectivity index (χ2v) is 15.8. The number of carbonyl (C=O) groups excluding carboxylic acids is 1. The maximum atomic E-state index is 15.4. The quantitative estimate of drug-likeness (QED) is 0.150. The molecule has 0 aliphatic carbocycles. The van der Waals surface area contributed by atoms with Crippen LogP contribution in [0.15, 0.2) is 48.5 Å². The largest absolute Gasteiger partial charge is 0.436 e. The zero-order valence-electron chi connectivity index (χ0n) is 32.1. The fraction of sp³-hybridized carbons (Fsp3) is 0.513. The summed E-state index contributed by atoms with van der Waals surface area (Å²) >= 11 is 12.4. The highest BCUT2D eigenvalue weighted by molar-refractivity contribution is 6.32. The molecule has 2 aromatic heterocycles. The predicted octanol–water partition coefficient (Wildman–Crippen LogP) is 8.09. The number of nitrogens with zero attached hydrogens (tertiary/aromatic N) is 8. The fourth-order valence-electron chi connectivity index (χ4n) is 8.00. The zero-order chi connectivity index (χ0) is 40.9. The van der Waals surface area contributed by atoms with Gasteiger partial charge in [-0.25, -0.2) is 0 Å². The number of benzene rings is 2. The first-order valence-corrected chi connectivity index (χ1v) is 19.3. The molecule has 2 saturated heterocycles. The van der Waals surface area contributed by atoms with Crippen molar-refractivity contribution in [3.63, 3.8) is 0 Å². The average Bonchev–Trinajstić information content (AvgIpc) is 3.58. The molecule has 0 spiro atoms. The van der Waals surface area contributed by atoms with Crippen LogP contribution in [0.4, 0.5) is 37.7 Å². The molecule has 0 amide bonds. The summed E-state index contributed by atoms with van der Waals surface area (Å²) in [6, 6.07) is 13.8. The van der Waals surface area contributed by atoms with Crippen molar-refractivity contribution in [2.45, 2.75) is 91.2 Å². The van der Waals surface area contributed by atoms with E-state index in [1.54, 1.807) is 0 Å². The number of alkyl halides is 6. The third-order valence-corrected chi connectivity index (χ3v) is 11.9. The maximum absolute atomic E-state index is 15.4. The van der Waals surface area contributed by atoms with Gasteiger partial charge in [-0.2, -0.15) is 36.5 Å². The Hall–Kier alpha value is -3.79. The Bertz CT molecular complexity index is 1910. The predicted molar refractivity (Wildman–Crippen MR) is 206 cm³/mol. The minimum absolute atomic E-state index is 0.0460. The molecule has 0 bridgehead atoms. The normalized spacial score (nSPS) is 20.1. The van der Waals surface area contributed by atoms with Crippen molar-refractivity contribution in [2.75, 3.05) is 49.1 Å². The van der Waals surface area contributed by atoms with Crippen LogP contribution in [0.1, 0.15) is 47.8 Å². The summed E-state index contributed by atoms with van der Waals surface area (Å²) in [5.74, 6) is -0.378. The SMILES string of the molecule is Cc1cccc(N2CCN(C(Cn3nc(C(F)(F)F)c(Cl)c3C)C(=O)C(Cn3nc(C(F)(F)F)c(Cl)c3C)N3CCN(c4cccc(C)c4)C(C)C3)CC2C)c1. The van der Waals surface area contributed by atoms with Crippen LogP contribution in [-0.4, -0.2) is 98.6 Å². The van der Waals surface area contributed by atoms with E-state index in [4.69, 9.17) is 23.2 Å². The van der Waals surface area contributed by atoms with Gasteiger partial charge in [0.1, 0.15) is 0 Å². The minimum atomic E-state index is -4.83. The van der Waals surface area contributed by atoms with Crippen molar-refractivity contribution >= 4 is 40.4 Å². The Balaban J connectivity index is 1.39. The molecule has 17 heteroatoms. The van der Waals surface area contributed by atoms with Crippen LogP contribution in [0.3, 0.4) is 0 Å². The lowest BCUT2D eigenvalue weighted by atomic mass is 9.97. The first-order chi connectivity index (χ1) is 26.2. The number of carbonyl (C=O) groups is 1. The Morgan fingerprint density at radius 2 is 1.05 bits per heavy atom. The topological polar surface area (TPSA) is 65.7 Å². The first kappa shape index (κ1) is 41.8. The molecular weight excluding hydrogens is 781 g/mol. The molecule has 2 aliphatic rings. The molecule has 4 atom stereocenters. The van der Waals surface area contributed by atoms with Crippen LogP contribution in [0.5, 0.6) is 0 Å². The highest BCUT2D eigenvalue weighted by atomic mass is 35.5. The molecule has 2 aromatic carbocycles. The smallest absolute Gasteiger partial charge is 0.366 e. The van der Waals surface area contributed by atoms with Crippen LogP contribution in [0.25, 0.3) is 0 Å². The van der Waals surface area contributed by atoms with Gasteiger partial charge in [-0.05, 0) is 76.9 Å². The zero-order valence-corrected chi connectivity index (χ0v) is 33.6. The molecule has 4 aromatic rings. The van der Waals surface area contributed by atoms with Gasteiger partial charge >= 0.3 is 12.4 Å². The van der Waals surface area contributed by atoms with Gasteiger partial charge in [0, 0.05) is 62.7 Å². The number of aryl methyl sites for hydroxylation is 2. The summed E-state index contributed by atoms with van der Waals surface area (Å²) < 4.78 is 86.3. The number of piperazine rings is 2. The van der Waals surface area contributed by atoms with E-state index in [9.17, 15) is 26.3 Å². The summed E-state index contributed by atoms with van der Waals surface area (Å²) in [7, 11) is 0. The lowest BCUT2D eigenvalue weighted by Crippen LogP contribution is -2.63. The van der Waals surface area contributed by atoms with Crippen LogP contribution in [-0.2, 0) is 30.2 Å².